The maximum absolute atomic E-state index is 11.6. The maximum atomic E-state index is 11.6. The van der Waals surface area contributed by atoms with Crippen molar-refractivity contribution in [3.05, 3.63) is 60.3 Å². The number of esters is 1. The zero-order chi connectivity index (χ0) is 17.8. The lowest BCUT2D eigenvalue weighted by atomic mass is 10.0. The minimum absolute atomic E-state index is 0.151. The second-order valence-corrected chi connectivity index (χ2v) is 5.92. The number of pyridine rings is 1. The average Bonchev–Trinajstić information content (AvgIpc) is 2.63. The molecule has 0 unspecified atom stereocenters. The van der Waals surface area contributed by atoms with E-state index < -0.39 is 0 Å². The van der Waals surface area contributed by atoms with Crippen LogP contribution < -0.4 is 10.2 Å². The van der Waals surface area contributed by atoms with E-state index in [2.05, 4.69) is 16.4 Å². The van der Waals surface area contributed by atoms with E-state index in [0.717, 1.165) is 33.5 Å². The number of carbonyl (C=O) groups is 1. The fraction of sp³-hybridized carbons (Fsp3) is 0.200. The number of aryl methyl sites for hydroxylation is 1. The molecule has 3 rings (SSSR count). The summed E-state index contributed by atoms with van der Waals surface area (Å²) in [4.78, 5) is 18.0. The number of ether oxygens (including phenoxy) is 1. The van der Waals surface area contributed by atoms with Crippen molar-refractivity contribution >= 4 is 33.9 Å². The number of carbonyl (C=O) groups excluding carboxylic acids is 1. The van der Waals surface area contributed by atoms with E-state index in [1.54, 1.807) is 6.20 Å². The van der Waals surface area contributed by atoms with Crippen LogP contribution >= 0.6 is 0 Å². The quantitative estimate of drug-likeness (QED) is 0.717. The van der Waals surface area contributed by atoms with Crippen LogP contribution in [-0.2, 0) is 9.53 Å². The van der Waals surface area contributed by atoms with E-state index in [0.29, 0.717) is 0 Å². The van der Waals surface area contributed by atoms with Gasteiger partial charge in [0.15, 0.2) is 0 Å². The monoisotopic (exact) mass is 335 g/mol. The van der Waals surface area contributed by atoms with Gasteiger partial charge in [-0.05, 0) is 24.6 Å². The van der Waals surface area contributed by atoms with Crippen molar-refractivity contribution < 1.29 is 9.53 Å². The molecule has 3 aromatic rings. The third-order valence-electron chi connectivity index (χ3n) is 4.11. The largest absolute Gasteiger partial charge is 0.468 e. The zero-order valence-corrected chi connectivity index (χ0v) is 14.6. The van der Waals surface area contributed by atoms with Gasteiger partial charge in [-0.25, -0.2) is 4.98 Å². The highest BCUT2D eigenvalue weighted by Crippen LogP contribution is 2.33. The van der Waals surface area contributed by atoms with Gasteiger partial charge >= 0.3 is 5.97 Å². The molecule has 1 heterocycles. The van der Waals surface area contributed by atoms with Crippen molar-refractivity contribution in [3.8, 4) is 0 Å². The van der Waals surface area contributed by atoms with E-state index in [9.17, 15) is 4.79 Å². The Hall–Kier alpha value is -3.08. The van der Waals surface area contributed by atoms with Crippen LogP contribution in [-0.4, -0.2) is 31.7 Å². The Morgan fingerprint density at radius 1 is 1.16 bits per heavy atom. The van der Waals surface area contributed by atoms with Gasteiger partial charge in [-0.2, -0.15) is 0 Å². The molecule has 2 aromatic carbocycles. The summed E-state index contributed by atoms with van der Waals surface area (Å²) in [5.41, 5.74) is 3.04. The molecule has 0 aliphatic rings. The summed E-state index contributed by atoms with van der Waals surface area (Å²) >= 11 is 0. The molecule has 5 heteroatoms. The molecule has 128 valence electrons. The molecule has 5 nitrogen and oxygen atoms in total. The predicted octanol–water partition coefficient (Wildman–Crippen LogP) is 3.90. The van der Waals surface area contributed by atoms with Gasteiger partial charge < -0.3 is 15.0 Å². The van der Waals surface area contributed by atoms with Crippen LogP contribution in [0.1, 0.15) is 5.56 Å². The summed E-state index contributed by atoms with van der Waals surface area (Å²) in [7, 11) is 3.23. The highest BCUT2D eigenvalue weighted by Gasteiger charge is 2.15. The SMILES string of the molecule is COC(=O)CN(C)c1ncc(Nc2ccccc2)c2cccc(C)c12. The van der Waals surface area contributed by atoms with Crippen molar-refractivity contribution in [2.24, 2.45) is 0 Å². The summed E-state index contributed by atoms with van der Waals surface area (Å²) in [5, 5.41) is 5.50. The number of nitrogens with one attached hydrogen (secondary N) is 1. The van der Waals surface area contributed by atoms with Crippen LogP contribution in [0.4, 0.5) is 17.2 Å². The second kappa shape index (κ2) is 7.21. The molecular weight excluding hydrogens is 314 g/mol. The number of nitrogens with zero attached hydrogens (tertiary/aromatic N) is 2. The summed E-state index contributed by atoms with van der Waals surface area (Å²) in [6, 6.07) is 16.1. The topological polar surface area (TPSA) is 54.5 Å². The molecule has 0 saturated heterocycles. The standard InChI is InChI=1S/C20H21N3O2/c1-14-8-7-11-16-17(22-15-9-5-4-6-10-15)12-21-20(19(14)16)23(2)13-18(24)25-3/h4-12,22H,13H2,1-3H3. The summed E-state index contributed by atoms with van der Waals surface area (Å²) < 4.78 is 4.77. The molecular formula is C20H21N3O2. The molecule has 1 aromatic heterocycles. The van der Waals surface area contributed by atoms with Crippen molar-refractivity contribution in [3.63, 3.8) is 0 Å². The molecule has 0 bridgehead atoms. The molecule has 0 aliphatic heterocycles. The van der Waals surface area contributed by atoms with Crippen LogP contribution in [0.3, 0.4) is 0 Å². The number of benzene rings is 2. The third kappa shape index (κ3) is 3.55. The van der Waals surface area contributed by atoms with E-state index in [1.807, 2.05) is 61.3 Å². The summed E-state index contributed by atoms with van der Waals surface area (Å²) in [6.45, 7) is 2.20. The molecule has 0 spiro atoms. The van der Waals surface area contributed by atoms with Gasteiger partial charge in [-0.1, -0.05) is 36.4 Å². The molecule has 0 radical (unpaired) electrons. The van der Waals surface area contributed by atoms with Gasteiger partial charge in [0.2, 0.25) is 0 Å². The Morgan fingerprint density at radius 2 is 1.92 bits per heavy atom. The van der Waals surface area contributed by atoms with Gasteiger partial charge in [0.25, 0.3) is 0 Å². The third-order valence-corrected chi connectivity index (χ3v) is 4.11. The molecule has 0 aliphatic carbocycles. The molecule has 0 saturated carbocycles. The lowest BCUT2D eigenvalue weighted by molar-refractivity contribution is -0.138. The van der Waals surface area contributed by atoms with E-state index in [-0.39, 0.29) is 12.5 Å². The number of para-hydroxylation sites is 1. The molecule has 25 heavy (non-hydrogen) atoms. The number of hydrogen-bond donors (Lipinski definition) is 1. The normalized spacial score (nSPS) is 10.5. The van der Waals surface area contributed by atoms with Crippen molar-refractivity contribution in [1.82, 2.24) is 4.98 Å². The Kier molecular flexibility index (Phi) is 4.84. The minimum atomic E-state index is -0.294. The van der Waals surface area contributed by atoms with Gasteiger partial charge in [0.05, 0.1) is 19.0 Å². The number of methoxy groups -OCH3 is 1. The number of rotatable bonds is 5. The van der Waals surface area contributed by atoms with Gasteiger partial charge in [-0.15, -0.1) is 0 Å². The summed E-state index contributed by atoms with van der Waals surface area (Å²) in [5.74, 6) is 0.467. The smallest absolute Gasteiger partial charge is 0.325 e. The van der Waals surface area contributed by atoms with Crippen LogP contribution in [0.25, 0.3) is 10.8 Å². The minimum Gasteiger partial charge on any atom is -0.468 e. The predicted molar refractivity (Wildman–Crippen MR) is 101 cm³/mol. The Morgan fingerprint density at radius 3 is 2.64 bits per heavy atom. The first-order valence-electron chi connectivity index (χ1n) is 8.08. The number of fused-ring (bicyclic) bond motifs is 1. The second-order valence-electron chi connectivity index (χ2n) is 5.92. The van der Waals surface area contributed by atoms with Crippen LogP contribution in [0.2, 0.25) is 0 Å². The lowest BCUT2D eigenvalue weighted by Crippen LogP contribution is -2.27. The Balaban J connectivity index is 2.06. The lowest BCUT2D eigenvalue weighted by Gasteiger charge is -2.21. The van der Waals surface area contributed by atoms with Gasteiger partial charge in [0, 0.05) is 23.5 Å². The zero-order valence-electron chi connectivity index (χ0n) is 14.6. The first kappa shape index (κ1) is 16.8. The summed E-state index contributed by atoms with van der Waals surface area (Å²) in [6.07, 6.45) is 1.80. The van der Waals surface area contributed by atoms with Crippen LogP contribution in [0, 0.1) is 6.92 Å². The van der Waals surface area contributed by atoms with E-state index >= 15 is 0 Å². The highest BCUT2D eigenvalue weighted by molar-refractivity contribution is 6.03. The first-order valence-corrected chi connectivity index (χ1v) is 8.08. The number of aromatic nitrogens is 1. The van der Waals surface area contributed by atoms with E-state index in [1.165, 1.54) is 7.11 Å². The van der Waals surface area contributed by atoms with Crippen molar-refractivity contribution in [2.45, 2.75) is 6.92 Å². The van der Waals surface area contributed by atoms with Gasteiger partial charge in [0.1, 0.15) is 12.4 Å². The molecule has 0 amide bonds. The van der Waals surface area contributed by atoms with Crippen molar-refractivity contribution in [2.75, 3.05) is 30.9 Å². The number of likely N-dealkylation sites (N-methyl/N-ethyl adjacent to an activating group) is 1. The Bertz CT molecular complexity index is 894. The van der Waals surface area contributed by atoms with Gasteiger partial charge in [-0.3, -0.25) is 4.79 Å². The number of hydrogen-bond acceptors (Lipinski definition) is 5. The Labute approximate surface area is 147 Å². The van der Waals surface area contributed by atoms with E-state index in [4.69, 9.17) is 4.74 Å². The first-order chi connectivity index (χ1) is 12.1. The van der Waals surface area contributed by atoms with Crippen LogP contribution in [0.5, 0.6) is 0 Å². The van der Waals surface area contributed by atoms with Crippen molar-refractivity contribution in [1.29, 1.82) is 0 Å². The fourth-order valence-electron chi connectivity index (χ4n) is 2.85. The fourth-order valence-corrected chi connectivity index (χ4v) is 2.85. The van der Waals surface area contributed by atoms with Crippen LogP contribution in [0.15, 0.2) is 54.7 Å². The molecule has 0 fully saturated rings. The maximum Gasteiger partial charge on any atom is 0.325 e. The average molecular weight is 335 g/mol. The number of anilines is 3. The molecule has 1 N–H and O–H groups in total. The highest BCUT2D eigenvalue weighted by atomic mass is 16.5. The molecule has 0 atom stereocenters.